The van der Waals surface area contributed by atoms with Crippen LogP contribution in [0.15, 0.2) is 54.6 Å². The minimum atomic E-state index is -0.153. The monoisotopic (exact) mass is 326 g/mol. The molecule has 0 saturated carbocycles. The Labute approximate surface area is 144 Å². The molecule has 2 N–H and O–H groups in total. The van der Waals surface area contributed by atoms with Crippen LogP contribution in [0.1, 0.15) is 25.0 Å². The third-order valence-corrected chi connectivity index (χ3v) is 3.48. The number of ether oxygens (including phenoxy) is 1. The summed E-state index contributed by atoms with van der Waals surface area (Å²) in [4.78, 5) is 11.9. The maximum atomic E-state index is 11.9. The number of nitrogens with one attached hydrogen (secondary N) is 2. The molecule has 0 aliphatic rings. The van der Waals surface area contributed by atoms with Crippen LogP contribution >= 0.6 is 0 Å². The molecular formula is C20H26N2O2. The zero-order chi connectivity index (χ0) is 17.2. The lowest BCUT2D eigenvalue weighted by molar-refractivity contribution is 0.240. The number of hydrogen-bond donors (Lipinski definition) is 2. The van der Waals surface area contributed by atoms with Crippen molar-refractivity contribution in [1.29, 1.82) is 0 Å². The smallest absolute Gasteiger partial charge is 0.315 e. The average Bonchev–Trinajstić information content (AvgIpc) is 2.59. The number of hydrogen-bond acceptors (Lipinski definition) is 2. The van der Waals surface area contributed by atoms with E-state index in [1.54, 1.807) is 0 Å². The summed E-state index contributed by atoms with van der Waals surface area (Å²) >= 11 is 0. The lowest BCUT2D eigenvalue weighted by Gasteiger charge is -2.11. The Balaban J connectivity index is 1.70. The SMILES string of the molecule is CC(C)COc1cccc(CNC(=O)NCCc2ccccc2)c1. The van der Waals surface area contributed by atoms with Crippen molar-refractivity contribution in [2.45, 2.75) is 26.8 Å². The zero-order valence-electron chi connectivity index (χ0n) is 14.4. The minimum absolute atomic E-state index is 0.153. The van der Waals surface area contributed by atoms with E-state index in [-0.39, 0.29) is 6.03 Å². The summed E-state index contributed by atoms with van der Waals surface area (Å²) in [6.07, 6.45) is 0.826. The molecule has 0 unspecified atom stereocenters. The van der Waals surface area contributed by atoms with Gasteiger partial charge in [0.25, 0.3) is 0 Å². The summed E-state index contributed by atoms with van der Waals surface area (Å²) in [5.41, 5.74) is 2.24. The zero-order valence-corrected chi connectivity index (χ0v) is 14.4. The van der Waals surface area contributed by atoms with Crippen LogP contribution in [-0.2, 0) is 13.0 Å². The summed E-state index contributed by atoms with van der Waals surface area (Å²) in [5, 5.41) is 5.75. The molecule has 0 atom stereocenters. The van der Waals surface area contributed by atoms with Gasteiger partial charge in [-0.25, -0.2) is 4.79 Å². The van der Waals surface area contributed by atoms with Crippen LogP contribution in [0.5, 0.6) is 5.75 Å². The summed E-state index contributed by atoms with van der Waals surface area (Å²) < 4.78 is 5.70. The van der Waals surface area contributed by atoms with E-state index in [0.29, 0.717) is 25.6 Å². The molecule has 2 rings (SSSR count). The molecule has 0 heterocycles. The first-order valence-corrected chi connectivity index (χ1v) is 8.41. The van der Waals surface area contributed by atoms with E-state index in [2.05, 4.69) is 36.6 Å². The molecule has 0 radical (unpaired) electrons. The fourth-order valence-corrected chi connectivity index (χ4v) is 2.22. The van der Waals surface area contributed by atoms with Crippen LogP contribution in [0.4, 0.5) is 4.79 Å². The average molecular weight is 326 g/mol. The van der Waals surface area contributed by atoms with Gasteiger partial charge in [-0.1, -0.05) is 56.3 Å². The standard InChI is InChI=1S/C20H26N2O2/c1-16(2)15-24-19-10-6-9-18(13-19)14-22-20(23)21-12-11-17-7-4-3-5-8-17/h3-10,13,16H,11-12,14-15H2,1-2H3,(H2,21,22,23). The fraction of sp³-hybridized carbons (Fsp3) is 0.350. The predicted octanol–water partition coefficient (Wildman–Crippen LogP) is 3.76. The molecule has 0 aliphatic carbocycles. The maximum absolute atomic E-state index is 11.9. The van der Waals surface area contributed by atoms with Gasteiger partial charge < -0.3 is 15.4 Å². The van der Waals surface area contributed by atoms with Gasteiger partial charge in [0, 0.05) is 13.1 Å². The normalized spacial score (nSPS) is 10.5. The molecule has 0 spiro atoms. The first-order valence-electron chi connectivity index (χ1n) is 8.41. The molecule has 2 aromatic rings. The van der Waals surface area contributed by atoms with E-state index >= 15 is 0 Å². The van der Waals surface area contributed by atoms with Gasteiger partial charge in [-0.15, -0.1) is 0 Å². The highest BCUT2D eigenvalue weighted by molar-refractivity contribution is 5.73. The van der Waals surface area contributed by atoms with Gasteiger partial charge in [0.15, 0.2) is 0 Å². The molecule has 24 heavy (non-hydrogen) atoms. The van der Waals surface area contributed by atoms with Crippen molar-refractivity contribution in [1.82, 2.24) is 10.6 Å². The molecular weight excluding hydrogens is 300 g/mol. The van der Waals surface area contributed by atoms with Crippen LogP contribution in [0.3, 0.4) is 0 Å². The van der Waals surface area contributed by atoms with Crippen LogP contribution in [0.2, 0.25) is 0 Å². The largest absolute Gasteiger partial charge is 0.493 e. The summed E-state index contributed by atoms with van der Waals surface area (Å²) in [6, 6.07) is 17.8. The first kappa shape index (κ1) is 17.9. The molecule has 0 fully saturated rings. The Bertz CT molecular complexity index is 627. The van der Waals surface area contributed by atoms with Crippen LogP contribution in [-0.4, -0.2) is 19.2 Å². The number of benzene rings is 2. The highest BCUT2D eigenvalue weighted by Crippen LogP contribution is 2.14. The summed E-state index contributed by atoms with van der Waals surface area (Å²) in [6.45, 7) is 6.02. The Hall–Kier alpha value is -2.49. The molecule has 4 heteroatoms. The van der Waals surface area contributed by atoms with Crippen molar-refractivity contribution in [3.63, 3.8) is 0 Å². The molecule has 2 aromatic carbocycles. The van der Waals surface area contributed by atoms with Crippen LogP contribution < -0.4 is 15.4 Å². The van der Waals surface area contributed by atoms with Crippen molar-refractivity contribution >= 4 is 6.03 Å². The second-order valence-electron chi connectivity index (χ2n) is 6.20. The van der Waals surface area contributed by atoms with Crippen molar-refractivity contribution in [3.8, 4) is 5.75 Å². The van der Waals surface area contributed by atoms with Gasteiger partial charge in [-0.05, 0) is 35.6 Å². The van der Waals surface area contributed by atoms with E-state index in [0.717, 1.165) is 17.7 Å². The summed E-state index contributed by atoms with van der Waals surface area (Å²) in [7, 11) is 0. The molecule has 0 bridgehead atoms. The second-order valence-corrected chi connectivity index (χ2v) is 6.20. The van der Waals surface area contributed by atoms with Gasteiger partial charge in [-0.3, -0.25) is 0 Å². The van der Waals surface area contributed by atoms with Crippen molar-refractivity contribution in [2.24, 2.45) is 5.92 Å². The van der Waals surface area contributed by atoms with E-state index in [1.165, 1.54) is 5.56 Å². The van der Waals surface area contributed by atoms with E-state index < -0.39 is 0 Å². The second kappa shape index (κ2) is 9.60. The lowest BCUT2D eigenvalue weighted by atomic mass is 10.1. The van der Waals surface area contributed by atoms with Crippen LogP contribution in [0.25, 0.3) is 0 Å². The van der Waals surface area contributed by atoms with E-state index in [9.17, 15) is 4.79 Å². The highest BCUT2D eigenvalue weighted by Gasteiger charge is 2.02. The van der Waals surface area contributed by atoms with Gasteiger partial charge in [0.1, 0.15) is 5.75 Å². The summed E-state index contributed by atoms with van der Waals surface area (Å²) in [5.74, 6) is 1.33. The molecule has 0 saturated heterocycles. The molecule has 0 aromatic heterocycles. The first-order chi connectivity index (χ1) is 11.6. The van der Waals surface area contributed by atoms with Crippen molar-refractivity contribution < 1.29 is 9.53 Å². The third-order valence-electron chi connectivity index (χ3n) is 3.48. The Morgan fingerprint density at radius 1 is 1.00 bits per heavy atom. The number of rotatable bonds is 8. The lowest BCUT2D eigenvalue weighted by Crippen LogP contribution is -2.36. The number of carbonyl (C=O) groups is 1. The minimum Gasteiger partial charge on any atom is -0.493 e. The fourth-order valence-electron chi connectivity index (χ4n) is 2.22. The molecule has 4 nitrogen and oxygen atoms in total. The van der Waals surface area contributed by atoms with Crippen molar-refractivity contribution in [2.75, 3.05) is 13.2 Å². The number of amides is 2. The molecule has 128 valence electrons. The van der Waals surface area contributed by atoms with Crippen LogP contribution in [0, 0.1) is 5.92 Å². The quantitative estimate of drug-likeness (QED) is 0.776. The molecule has 0 aliphatic heterocycles. The molecule has 2 amide bonds. The number of urea groups is 1. The van der Waals surface area contributed by atoms with Gasteiger partial charge >= 0.3 is 6.03 Å². The maximum Gasteiger partial charge on any atom is 0.315 e. The topological polar surface area (TPSA) is 50.4 Å². The number of carbonyl (C=O) groups excluding carboxylic acids is 1. The van der Waals surface area contributed by atoms with E-state index in [1.807, 2.05) is 42.5 Å². The highest BCUT2D eigenvalue weighted by atomic mass is 16.5. The van der Waals surface area contributed by atoms with Gasteiger partial charge in [-0.2, -0.15) is 0 Å². The Morgan fingerprint density at radius 3 is 2.50 bits per heavy atom. The Kier molecular flexibility index (Phi) is 7.15. The van der Waals surface area contributed by atoms with Crippen molar-refractivity contribution in [3.05, 3.63) is 65.7 Å². The third kappa shape index (κ3) is 6.73. The van der Waals surface area contributed by atoms with E-state index in [4.69, 9.17) is 4.74 Å². The van der Waals surface area contributed by atoms with Gasteiger partial charge in [0.05, 0.1) is 6.61 Å². The predicted molar refractivity (Wildman–Crippen MR) is 97.2 cm³/mol. The Morgan fingerprint density at radius 2 is 1.75 bits per heavy atom. The van der Waals surface area contributed by atoms with Gasteiger partial charge in [0.2, 0.25) is 0 Å².